The van der Waals surface area contributed by atoms with Crippen molar-refractivity contribution in [2.24, 2.45) is 14.1 Å². The lowest BCUT2D eigenvalue weighted by atomic mass is 10.4. The van der Waals surface area contributed by atoms with E-state index in [4.69, 9.17) is 11.6 Å². The van der Waals surface area contributed by atoms with Crippen molar-refractivity contribution >= 4 is 28.7 Å². The van der Waals surface area contributed by atoms with Crippen LogP contribution >= 0.6 is 11.6 Å². The second kappa shape index (κ2) is 6.37. The second-order valence-electron chi connectivity index (χ2n) is 5.72. The highest BCUT2D eigenvalue weighted by molar-refractivity contribution is 6.17. The molecular formula is C14H21ClN6O2. The lowest BCUT2D eigenvalue weighted by Gasteiger charge is -2.28. The van der Waals surface area contributed by atoms with Gasteiger partial charge in [-0.1, -0.05) is 0 Å². The summed E-state index contributed by atoms with van der Waals surface area (Å²) in [6, 6.07) is 0. The van der Waals surface area contributed by atoms with Gasteiger partial charge in [0, 0.05) is 52.7 Å². The topological polar surface area (TPSA) is 77.1 Å². The Bertz CT molecular complexity index is 830. The Hall–Kier alpha value is -1.80. The van der Waals surface area contributed by atoms with Crippen LogP contribution in [0.2, 0.25) is 0 Å². The van der Waals surface area contributed by atoms with Gasteiger partial charge in [0.05, 0.1) is 0 Å². The van der Waals surface area contributed by atoms with Gasteiger partial charge in [-0.25, -0.2) is 4.79 Å². The fourth-order valence-corrected chi connectivity index (χ4v) is 3.09. The van der Waals surface area contributed by atoms with Crippen molar-refractivity contribution in [1.29, 1.82) is 0 Å². The molecule has 1 saturated heterocycles. The van der Waals surface area contributed by atoms with Crippen LogP contribution in [0.15, 0.2) is 9.59 Å². The Kier molecular flexibility index (Phi) is 4.45. The van der Waals surface area contributed by atoms with E-state index in [0.717, 1.165) is 43.1 Å². The molecule has 1 fully saturated rings. The van der Waals surface area contributed by atoms with Crippen molar-refractivity contribution in [1.82, 2.24) is 24.0 Å². The molecule has 8 nitrogen and oxygen atoms in total. The van der Waals surface area contributed by atoms with Crippen LogP contribution in [0.5, 0.6) is 0 Å². The minimum atomic E-state index is -0.364. The summed E-state index contributed by atoms with van der Waals surface area (Å²) in [4.78, 5) is 31.5. The number of anilines is 1. The molecule has 23 heavy (non-hydrogen) atoms. The van der Waals surface area contributed by atoms with E-state index in [0.29, 0.717) is 23.6 Å². The third-order valence-corrected chi connectivity index (χ3v) is 4.51. The minimum absolute atomic E-state index is 0.313. The maximum atomic E-state index is 12.6. The first-order valence-corrected chi connectivity index (χ1v) is 8.27. The molecule has 0 atom stereocenters. The molecule has 0 amide bonds. The van der Waals surface area contributed by atoms with Gasteiger partial charge < -0.3 is 14.8 Å². The number of aryl methyl sites for hydroxylation is 2. The highest BCUT2D eigenvalue weighted by Gasteiger charge is 2.23. The van der Waals surface area contributed by atoms with Crippen molar-refractivity contribution in [2.75, 3.05) is 37.0 Å². The first kappa shape index (κ1) is 16.1. The van der Waals surface area contributed by atoms with Gasteiger partial charge in [0.15, 0.2) is 11.2 Å². The Morgan fingerprint density at radius 2 is 1.87 bits per heavy atom. The van der Waals surface area contributed by atoms with Gasteiger partial charge in [-0.2, -0.15) is 4.98 Å². The number of rotatable bonds is 4. The van der Waals surface area contributed by atoms with E-state index in [-0.39, 0.29) is 11.2 Å². The van der Waals surface area contributed by atoms with Crippen molar-refractivity contribution in [2.45, 2.75) is 13.0 Å². The molecule has 2 aromatic rings. The number of hydrogen-bond acceptors (Lipinski definition) is 5. The van der Waals surface area contributed by atoms with Crippen LogP contribution in [0, 0.1) is 0 Å². The average molecular weight is 341 g/mol. The van der Waals surface area contributed by atoms with Crippen molar-refractivity contribution in [3.63, 3.8) is 0 Å². The summed E-state index contributed by atoms with van der Waals surface area (Å²) in [6.45, 7) is 3.98. The maximum absolute atomic E-state index is 12.6. The molecule has 3 heterocycles. The molecule has 1 N–H and O–H groups in total. The largest absolute Gasteiger partial charge is 0.340 e. The molecule has 1 aliphatic heterocycles. The molecule has 0 saturated carbocycles. The molecule has 0 aliphatic carbocycles. The van der Waals surface area contributed by atoms with E-state index in [1.807, 2.05) is 4.57 Å². The van der Waals surface area contributed by atoms with Gasteiger partial charge in [-0.05, 0) is 6.42 Å². The van der Waals surface area contributed by atoms with Gasteiger partial charge in [0.1, 0.15) is 0 Å². The molecule has 126 valence electrons. The summed E-state index contributed by atoms with van der Waals surface area (Å²) in [6.07, 6.45) is 0.734. The van der Waals surface area contributed by atoms with E-state index < -0.39 is 0 Å². The van der Waals surface area contributed by atoms with E-state index in [1.165, 1.54) is 11.6 Å². The van der Waals surface area contributed by atoms with Gasteiger partial charge in [0.25, 0.3) is 5.56 Å². The van der Waals surface area contributed by atoms with E-state index in [1.54, 1.807) is 7.05 Å². The van der Waals surface area contributed by atoms with Gasteiger partial charge in [-0.3, -0.25) is 13.9 Å². The molecule has 2 aromatic heterocycles. The van der Waals surface area contributed by atoms with Crippen LogP contribution in [-0.2, 0) is 20.6 Å². The fraction of sp³-hybridized carbons (Fsp3) is 0.643. The maximum Gasteiger partial charge on any atom is 0.332 e. The predicted octanol–water partition coefficient (Wildman–Crippen LogP) is -0.528. The summed E-state index contributed by atoms with van der Waals surface area (Å²) in [5.41, 5.74) is 0.220. The number of piperazine rings is 1. The molecule has 0 spiro atoms. The lowest BCUT2D eigenvalue weighted by Crippen LogP contribution is -2.44. The second-order valence-corrected chi connectivity index (χ2v) is 6.10. The molecule has 0 radical (unpaired) electrons. The summed E-state index contributed by atoms with van der Waals surface area (Å²) in [5.74, 6) is 1.25. The number of nitrogens with one attached hydrogen (secondary N) is 1. The van der Waals surface area contributed by atoms with E-state index in [2.05, 4.69) is 15.2 Å². The van der Waals surface area contributed by atoms with Crippen LogP contribution in [0.1, 0.15) is 6.42 Å². The quantitative estimate of drug-likeness (QED) is 0.757. The Morgan fingerprint density at radius 3 is 2.52 bits per heavy atom. The summed E-state index contributed by atoms with van der Waals surface area (Å²) in [5, 5.41) is 3.30. The monoisotopic (exact) mass is 340 g/mol. The number of halogens is 1. The van der Waals surface area contributed by atoms with E-state index in [9.17, 15) is 9.59 Å². The predicted molar refractivity (Wildman–Crippen MR) is 90.6 cm³/mol. The van der Waals surface area contributed by atoms with Crippen molar-refractivity contribution < 1.29 is 0 Å². The Morgan fingerprint density at radius 1 is 1.17 bits per heavy atom. The summed E-state index contributed by atoms with van der Waals surface area (Å²) < 4.78 is 4.47. The van der Waals surface area contributed by atoms with Crippen LogP contribution in [0.4, 0.5) is 5.95 Å². The third-order valence-electron chi connectivity index (χ3n) is 4.24. The fourth-order valence-electron chi connectivity index (χ4n) is 2.97. The van der Waals surface area contributed by atoms with Gasteiger partial charge in [0.2, 0.25) is 5.95 Å². The van der Waals surface area contributed by atoms with Gasteiger partial charge >= 0.3 is 5.69 Å². The Balaban J connectivity index is 2.26. The molecule has 0 aromatic carbocycles. The number of fused-ring (bicyclic) bond motifs is 1. The lowest BCUT2D eigenvalue weighted by molar-refractivity contribution is 0.564. The highest BCUT2D eigenvalue weighted by Crippen LogP contribution is 2.20. The van der Waals surface area contributed by atoms with Crippen LogP contribution in [0.3, 0.4) is 0 Å². The molecule has 0 unspecified atom stereocenters. The number of nitrogens with zero attached hydrogens (tertiary/aromatic N) is 5. The zero-order valence-electron chi connectivity index (χ0n) is 13.4. The molecule has 3 rings (SSSR count). The number of alkyl halides is 1. The minimum Gasteiger partial charge on any atom is -0.340 e. The van der Waals surface area contributed by atoms with Crippen molar-refractivity contribution in [3.8, 4) is 0 Å². The SMILES string of the molecule is Cn1c(=O)c2c(nc(N3CCNCC3)n2CCCCl)n(C)c1=O. The number of aromatic nitrogens is 4. The average Bonchev–Trinajstić information content (AvgIpc) is 2.96. The highest BCUT2D eigenvalue weighted by atomic mass is 35.5. The van der Waals surface area contributed by atoms with Gasteiger partial charge in [-0.15, -0.1) is 11.6 Å². The zero-order valence-corrected chi connectivity index (χ0v) is 14.1. The van der Waals surface area contributed by atoms with E-state index >= 15 is 0 Å². The third kappa shape index (κ3) is 2.66. The Labute approximate surface area is 138 Å². The molecular weight excluding hydrogens is 320 g/mol. The van der Waals surface area contributed by atoms with Crippen LogP contribution in [-0.4, -0.2) is 50.7 Å². The van der Waals surface area contributed by atoms with Crippen molar-refractivity contribution in [3.05, 3.63) is 20.8 Å². The molecule has 9 heteroatoms. The molecule has 0 bridgehead atoms. The normalized spacial score (nSPS) is 15.5. The first-order valence-electron chi connectivity index (χ1n) is 7.74. The molecule has 1 aliphatic rings. The summed E-state index contributed by atoms with van der Waals surface area (Å²) in [7, 11) is 3.14. The standard InChI is InChI=1S/C14H21ClN6O2/c1-18-11-10(12(22)19(2)14(18)23)21(7-3-4-15)13(17-11)20-8-5-16-6-9-20/h16H,3-9H2,1-2H3. The number of imidazole rings is 1. The zero-order chi connectivity index (χ0) is 16.6. The smallest absolute Gasteiger partial charge is 0.332 e. The number of hydrogen-bond donors (Lipinski definition) is 1. The summed E-state index contributed by atoms with van der Waals surface area (Å²) >= 11 is 5.84. The van der Waals surface area contributed by atoms with Crippen LogP contribution < -0.4 is 21.5 Å². The first-order chi connectivity index (χ1) is 11.1. The van der Waals surface area contributed by atoms with Crippen LogP contribution in [0.25, 0.3) is 11.2 Å².